The summed E-state index contributed by atoms with van der Waals surface area (Å²) < 4.78 is 5.47. The van der Waals surface area contributed by atoms with Crippen LogP contribution in [-0.2, 0) is 11.2 Å². The summed E-state index contributed by atoms with van der Waals surface area (Å²) in [6.45, 7) is 4.10. The average molecular weight is 246 g/mol. The quantitative estimate of drug-likeness (QED) is 0.882. The van der Waals surface area contributed by atoms with Gasteiger partial charge in [-0.05, 0) is 37.4 Å². The van der Waals surface area contributed by atoms with Gasteiger partial charge in [0.2, 0.25) is 0 Å². The van der Waals surface area contributed by atoms with Crippen molar-refractivity contribution >= 4 is 5.69 Å². The maximum Gasteiger partial charge on any atom is 0.0622 e. The van der Waals surface area contributed by atoms with Gasteiger partial charge < -0.3 is 15.0 Å². The number of nitrogens with zero attached hydrogens (tertiary/aromatic N) is 1. The van der Waals surface area contributed by atoms with Crippen LogP contribution in [0.1, 0.15) is 12.0 Å². The van der Waals surface area contributed by atoms with Crippen LogP contribution in [0.15, 0.2) is 24.3 Å². The maximum atomic E-state index is 5.47. The van der Waals surface area contributed by atoms with E-state index >= 15 is 0 Å². The summed E-state index contributed by atoms with van der Waals surface area (Å²) in [5.41, 5.74) is 2.78. The van der Waals surface area contributed by atoms with E-state index in [0.717, 1.165) is 26.3 Å². The second-order valence-corrected chi connectivity index (χ2v) is 5.57. The summed E-state index contributed by atoms with van der Waals surface area (Å²) in [6, 6.07) is 9.29. The van der Waals surface area contributed by atoms with Gasteiger partial charge in [-0.3, -0.25) is 0 Å². The van der Waals surface area contributed by atoms with Crippen LogP contribution in [0.4, 0.5) is 5.69 Å². The summed E-state index contributed by atoms with van der Waals surface area (Å²) in [7, 11) is 2.24. The van der Waals surface area contributed by atoms with Crippen LogP contribution in [0.3, 0.4) is 0 Å². The summed E-state index contributed by atoms with van der Waals surface area (Å²) >= 11 is 0. The van der Waals surface area contributed by atoms with E-state index < -0.39 is 0 Å². The first-order valence-electron chi connectivity index (χ1n) is 6.92. The van der Waals surface area contributed by atoms with Crippen LogP contribution in [0, 0.1) is 5.92 Å². The minimum absolute atomic E-state index is 0.627. The SMILES string of the molecule is CN(CC1CNc2ccccc2C1)C1CCOC1. The van der Waals surface area contributed by atoms with E-state index in [2.05, 4.69) is 41.5 Å². The largest absolute Gasteiger partial charge is 0.384 e. The first-order valence-corrected chi connectivity index (χ1v) is 6.92. The molecule has 0 bridgehead atoms. The van der Waals surface area contributed by atoms with Crippen molar-refractivity contribution in [2.45, 2.75) is 18.9 Å². The number of likely N-dealkylation sites (N-methyl/N-ethyl adjacent to an activating group) is 1. The molecule has 1 saturated heterocycles. The molecule has 0 aliphatic carbocycles. The minimum Gasteiger partial charge on any atom is -0.384 e. The molecule has 2 aliphatic rings. The molecule has 2 atom stereocenters. The molecule has 1 aromatic rings. The fourth-order valence-corrected chi connectivity index (χ4v) is 3.06. The van der Waals surface area contributed by atoms with E-state index in [1.165, 1.54) is 24.1 Å². The summed E-state index contributed by atoms with van der Waals surface area (Å²) in [5, 5.41) is 3.55. The molecule has 1 aromatic carbocycles. The predicted octanol–water partition coefficient (Wildman–Crippen LogP) is 1.99. The molecular formula is C15H22N2O. The van der Waals surface area contributed by atoms with Crippen molar-refractivity contribution in [2.75, 3.05) is 38.7 Å². The van der Waals surface area contributed by atoms with Crippen molar-refractivity contribution in [3.63, 3.8) is 0 Å². The van der Waals surface area contributed by atoms with Crippen molar-refractivity contribution in [3.8, 4) is 0 Å². The molecule has 3 nitrogen and oxygen atoms in total. The lowest BCUT2D eigenvalue weighted by atomic mass is 9.93. The van der Waals surface area contributed by atoms with Gasteiger partial charge >= 0.3 is 0 Å². The molecule has 1 fully saturated rings. The molecule has 3 heteroatoms. The zero-order chi connectivity index (χ0) is 12.4. The zero-order valence-corrected chi connectivity index (χ0v) is 11.1. The number of nitrogens with one attached hydrogen (secondary N) is 1. The Bertz CT molecular complexity index is 401. The van der Waals surface area contributed by atoms with Gasteiger partial charge in [-0.15, -0.1) is 0 Å². The number of hydrogen-bond acceptors (Lipinski definition) is 3. The Labute approximate surface area is 109 Å². The number of anilines is 1. The van der Waals surface area contributed by atoms with E-state index in [-0.39, 0.29) is 0 Å². The lowest BCUT2D eigenvalue weighted by molar-refractivity contribution is 0.150. The molecule has 0 aromatic heterocycles. The molecule has 2 unspecified atom stereocenters. The fraction of sp³-hybridized carbons (Fsp3) is 0.600. The number of benzene rings is 1. The Hall–Kier alpha value is -1.06. The molecular weight excluding hydrogens is 224 g/mol. The van der Waals surface area contributed by atoms with E-state index in [4.69, 9.17) is 4.74 Å². The van der Waals surface area contributed by atoms with Crippen molar-refractivity contribution in [1.82, 2.24) is 4.90 Å². The standard InChI is InChI=1S/C15H22N2O/c1-17(14-6-7-18-11-14)10-12-8-13-4-2-3-5-15(13)16-9-12/h2-5,12,14,16H,6-11H2,1H3. The highest BCUT2D eigenvalue weighted by molar-refractivity contribution is 5.53. The monoisotopic (exact) mass is 246 g/mol. The van der Waals surface area contributed by atoms with Crippen LogP contribution in [0.5, 0.6) is 0 Å². The molecule has 98 valence electrons. The maximum absolute atomic E-state index is 5.47. The van der Waals surface area contributed by atoms with E-state index in [9.17, 15) is 0 Å². The van der Waals surface area contributed by atoms with Gasteiger partial charge in [-0.25, -0.2) is 0 Å². The van der Waals surface area contributed by atoms with Gasteiger partial charge in [0, 0.05) is 31.4 Å². The third-order valence-corrected chi connectivity index (χ3v) is 4.18. The Morgan fingerprint density at radius 1 is 1.39 bits per heavy atom. The molecule has 0 spiro atoms. The van der Waals surface area contributed by atoms with Gasteiger partial charge in [0.05, 0.1) is 6.61 Å². The van der Waals surface area contributed by atoms with Crippen molar-refractivity contribution in [1.29, 1.82) is 0 Å². The van der Waals surface area contributed by atoms with Crippen LogP contribution in [-0.4, -0.2) is 44.3 Å². The summed E-state index contributed by atoms with van der Waals surface area (Å²) in [4.78, 5) is 2.48. The Kier molecular flexibility index (Phi) is 3.52. The average Bonchev–Trinajstić information content (AvgIpc) is 2.92. The first-order chi connectivity index (χ1) is 8.83. The molecule has 0 amide bonds. The molecule has 0 radical (unpaired) electrons. The molecule has 0 saturated carbocycles. The van der Waals surface area contributed by atoms with E-state index in [1.54, 1.807) is 0 Å². The Balaban J connectivity index is 1.59. The van der Waals surface area contributed by atoms with Crippen LogP contribution in [0.25, 0.3) is 0 Å². The third-order valence-electron chi connectivity index (χ3n) is 4.18. The lowest BCUT2D eigenvalue weighted by Gasteiger charge is -2.31. The van der Waals surface area contributed by atoms with Crippen LogP contribution >= 0.6 is 0 Å². The van der Waals surface area contributed by atoms with Crippen molar-refractivity contribution < 1.29 is 4.74 Å². The topological polar surface area (TPSA) is 24.5 Å². The molecule has 1 N–H and O–H groups in total. The number of rotatable bonds is 3. The summed E-state index contributed by atoms with van der Waals surface area (Å²) in [5.74, 6) is 0.713. The highest BCUT2D eigenvalue weighted by Gasteiger charge is 2.24. The highest BCUT2D eigenvalue weighted by atomic mass is 16.5. The number of fused-ring (bicyclic) bond motifs is 1. The minimum atomic E-state index is 0.627. The molecule has 2 aliphatic heterocycles. The second kappa shape index (κ2) is 5.29. The van der Waals surface area contributed by atoms with Crippen LogP contribution in [0.2, 0.25) is 0 Å². The van der Waals surface area contributed by atoms with Gasteiger partial charge in [-0.1, -0.05) is 18.2 Å². The number of ether oxygens (including phenoxy) is 1. The van der Waals surface area contributed by atoms with Crippen molar-refractivity contribution in [2.24, 2.45) is 5.92 Å². The van der Waals surface area contributed by atoms with E-state index in [1.807, 2.05) is 0 Å². The smallest absolute Gasteiger partial charge is 0.0622 e. The Morgan fingerprint density at radius 2 is 2.28 bits per heavy atom. The van der Waals surface area contributed by atoms with Crippen molar-refractivity contribution in [3.05, 3.63) is 29.8 Å². The third kappa shape index (κ3) is 2.52. The highest BCUT2D eigenvalue weighted by Crippen LogP contribution is 2.25. The molecule has 18 heavy (non-hydrogen) atoms. The Morgan fingerprint density at radius 3 is 3.11 bits per heavy atom. The predicted molar refractivity (Wildman–Crippen MR) is 74.0 cm³/mol. The van der Waals surface area contributed by atoms with Gasteiger partial charge in [0.15, 0.2) is 0 Å². The second-order valence-electron chi connectivity index (χ2n) is 5.57. The number of hydrogen-bond donors (Lipinski definition) is 1. The molecule has 3 rings (SSSR count). The normalized spacial score (nSPS) is 27.0. The van der Waals surface area contributed by atoms with Gasteiger partial charge in [0.25, 0.3) is 0 Å². The van der Waals surface area contributed by atoms with Gasteiger partial charge in [0.1, 0.15) is 0 Å². The number of para-hydroxylation sites is 1. The van der Waals surface area contributed by atoms with Crippen LogP contribution < -0.4 is 5.32 Å². The molecule has 2 heterocycles. The fourth-order valence-electron chi connectivity index (χ4n) is 3.06. The first kappa shape index (κ1) is 12.0. The zero-order valence-electron chi connectivity index (χ0n) is 11.1. The summed E-state index contributed by atoms with van der Waals surface area (Å²) in [6.07, 6.45) is 2.38. The van der Waals surface area contributed by atoms with Gasteiger partial charge in [-0.2, -0.15) is 0 Å². The lowest BCUT2D eigenvalue weighted by Crippen LogP contribution is -2.39. The van der Waals surface area contributed by atoms with E-state index in [0.29, 0.717) is 12.0 Å².